The molecule has 8 nitrogen and oxygen atoms in total. The number of hydrogen-bond donors (Lipinski definition) is 2. The van der Waals surface area contributed by atoms with Gasteiger partial charge in [0.25, 0.3) is 10.0 Å². The lowest BCUT2D eigenvalue weighted by Crippen LogP contribution is -2.15. The van der Waals surface area contributed by atoms with Crippen molar-refractivity contribution in [1.29, 1.82) is 0 Å². The summed E-state index contributed by atoms with van der Waals surface area (Å²) < 4.78 is 57.3. The quantitative estimate of drug-likeness (QED) is 0.687. The summed E-state index contributed by atoms with van der Waals surface area (Å²) in [5.74, 6) is 0.222. The Kier molecular flexibility index (Phi) is 5.67. The van der Waals surface area contributed by atoms with Crippen molar-refractivity contribution in [3.63, 3.8) is 0 Å². The Morgan fingerprint density at radius 3 is 2.28 bits per heavy atom. The molecule has 1 heterocycles. The normalized spacial score (nSPS) is 11.8. The third kappa shape index (κ3) is 5.11. The zero-order valence-corrected chi connectivity index (χ0v) is 16.1. The van der Waals surface area contributed by atoms with E-state index >= 15 is 0 Å². The Labute approximate surface area is 155 Å². The Morgan fingerprint density at radius 1 is 1.04 bits per heavy atom. The van der Waals surface area contributed by atoms with Crippen molar-refractivity contribution >= 4 is 54.6 Å². The number of benzene rings is 1. The molecular weight excluding hydrogens is 413 g/mol. The molecular formula is C13H13Cl2N3O5S2. The van der Waals surface area contributed by atoms with Crippen LogP contribution in [0.4, 0.5) is 11.4 Å². The fourth-order valence-electron chi connectivity index (χ4n) is 1.86. The van der Waals surface area contributed by atoms with Gasteiger partial charge >= 0.3 is 0 Å². The van der Waals surface area contributed by atoms with E-state index < -0.39 is 20.0 Å². The fourth-order valence-corrected chi connectivity index (χ4v) is 4.13. The number of pyridine rings is 1. The standard InChI is InChI=1S/C13H13Cl2N3O5S2/c1-23-10-4-3-8(7-9(10)18-24(2,19)20)17-25(21,22)11-5-6-12(14)16-13(11)15/h3-7,17-18H,1-2H3. The lowest BCUT2D eigenvalue weighted by Gasteiger charge is -2.13. The number of anilines is 2. The van der Waals surface area contributed by atoms with E-state index in [1.54, 1.807) is 0 Å². The van der Waals surface area contributed by atoms with Crippen LogP contribution in [0.25, 0.3) is 0 Å². The third-order valence-corrected chi connectivity index (χ3v) is 5.43. The minimum absolute atomic E-state index is 0.0491. The second kappa shape index (κ2) is 7.24. The Bertz CT molecular complexity index is 1010. The zero-order chi connectivity index (χ0) is 18.8. The Balaban J connectivity index is 2.40. The van der Waals surface area contributed by atoms with Gasteiger partial charge < -0.3 is 4.74 Å². The summed E-state index contributed by atoms with van der Waals surface area (Å²) >= 11 is 11.5. The molecule has 0 saturated carbocycles. The van der Waals surface area contributed by atoms with Gasteiger partial charge in [-0.1, -0.05) is 23.2 Å². The van der Waals surface area contributed by atoms with Crippen molar-refractivity contribution in [3.05, 3.63) is 40.6 Å². The summed E-state index contributed by atoms with van der Waals surface area (Å²) in [6.45, 7) is 0. The van der Waals surface area contributed by atoms with Crippen molar-refractivity contribution in [1.82, 2.24) is 4.98 Å². The predicted molar refractivity (Wildman–Crippen MR) is 96.5 cm³/mol. The summed E-state index contributed by atoms with van der Waals surface area (Å²) in [5.41, 5.74) is 0.170. The maximum Gasteiger partial charge on any atom is 0.264 e. The molecule has 0 aliphatic heterocycles. The van der Waals surface area contributed by atoms with Gasteiger partial charge in [0.05, 0.1) is 24.7 Å². The van der Waals surface area contributed by atoms with E-state index in [0.29, 0.717) is 0 Å². The predicted octanol–water partition coefficient (Wildman–Crippen LogP) is 2.57. The molecule has 25 heavy (non-hydrogen) atoms. The molecule has 0 spiro atoms. The van der Waals surface area contributed by atoms with Gasteiger partial charge in [-0.2, -0.15) is 0 Å². The number of aromatic nitrogens is 1. The third-order valence-electron chi connectivity index (χ3n) is 2.82. The maximum atomic E-state index is 12.4. The molecule has 0 unspecified atom stereocenters. The molecule has 2 aromatic rings. The summed E-state index contributed by atoms with van der Waals surface area (Å²) in [4.78, 5) is 3.40. The van der Waals surface area contributed by atoms with Gasteiger partial charge in [0.15, 0.2) is 5.15 Å². The van der Waals surface area contributed by atoms with Crippen molar-refractivity contribution in [2.24, 2.45) is 0 Å². The molecule has 2 rings (SSSR count). The van der Waals surface area contributed by atoms with E-state index in [1.165, 1.54) is 37.4 Å². The summed E-state index contributed by atoms with van der Waals surface area (Å²) in [6, 6.07) is 6.58. The smallest absolute Gasteiger partial charge is 0.264 e. The number of hydrogen-bond acceptors (Lipinski definition) is 6. The number of nitrogens with zero attached hydrogens (tertiary/aromatic N) is 1. The van der Waals surface area contributed by atoms with Crippen LogP contribution in [0.15, 0.2) is 35.2 Å². The van der Waals surface area contributed by atoms with Crippen molar-refractivity contribution in [3.8, 4) is 5.75 Å². The summed E-state index contributed by atoms with van der Waals surface area (Å²) in [5, 5.41) is -0.240. The van der Waals surface area contributed by atoms with Gasteiger partial charge in [-0.3, -0.25) is 9.44 Å². The molecule has 0 aliphatic carbocycles. The Morgan fingerprint density at radius 2 is 1.72 bits per heavy atom. The largest absolute Gasteiger partial charge is 0.495 e. The van der Waals surface area contributed by atoms with Crippen molar-refractivity contribution < 1.29 is 21.6 Å². The van der Waals surface area contributed by atoms with E-state index in [4.69, 9.17) is 27.9 Å². The first kappa shape index (κ1) is 19.6. The van der Waals surface area contributed by atoms with Gasteiger partial charge in [0.1, 0.15) is 15.8 Å². The van der Waals surface area contributed by atoms with E-state index in [9.17, 15) is 16.8 Å². The lowest BCUT2D eigenvalue weighted by molar-refractivity contribution is 0.417. The fraction of sp³-hybridized carbons (Fsp3) is 0.154. The highest BCUT2D eigenvalue weighted by molar-refractivity contribution is 7.93. The molecule has 0 atom stereocenters. The topological polar surface area (TPSA) is 114 Å². The number of methoxy groups -OCH3 is 1. The first-order chi connectivity index (χ1) is 11.5. The second-order valence-electron chi connectivity index (χ2n) is 4.82. The molecule has 0 fully saturated rings. The van der Waals surface area contributed by atoms with Gasteiger partial charge in [-0.05, 0) is 30.3 Å². The van der Waals surface area contributed by atoms with Gasteiger partial charge in [-0.25, -0.2) is 21.8 Å². The molecule has 0 saturated heterocycles. The van der Waals surface area contributed by atoms with Crippen LogP contribution in [0, 0.1) is 0 Å². The molecule has 0 radical (unpaired) electrons. The van der Waals surface area contributed by atoms with Crippen LogP contribution in [0.1, 0.15) is 0 Å². The van der Waals surface area contributed by atoms with Crippen LogP contribution in [0.2, 0.25) is 10.3 Å². The number of ether oxygens (including phenoxy) is 1. The average molecular weight is 426 g/mol. The Hall–Kier alpha value is -1.75. The van der Waals surface area contributed by atoms with Crippen LogP contribution in [0.3, 0.4) is 0 Å². The highest BCUT2D eigenvalue weighted by Crippen LogP contribution is 2.30. The van der Waals surface area contributed by atoms with Crippen LogP contribution >= 0.6 is 23.2 Å². The zero-order valence-electron chi connectivity index (χ0n) is 12.9. The number of halogens is 2. The first-order valence-electron chi connectivity index (χ1n) is 6.52. The molecule has 0 aliphatic rings. The van der Waals surface area contributed by atoms with Gasteiger partial charge in [0.2, 0.25) is 10.0 Å². The van der Waals surface area contributed by atoms with Crippen LogP contribution in [-0.2, 0) is 20.0 Å². The number of rotatable bonds is 6. The average Bonchev–Trinajstić information content (AvgIpc) is 2.45. The van der Waals surface area contributed by atoms with E-state index in [2.05, 4.69) is 14.4 Å². The van der Waals surface area contributed by atoms with E-state index in [0.717, 1.165) is 6.26 Å². The highest BCUT2D eigenvalue weighted by atomic mass is 35.5. The van der Waals surface area contributed by atoms with E-state index in [-0.39, 0.29) is 32.3 Å². The molecule has 12 heteroatoms. The lowest BCUT2D eigenvalue weighted by atomic mass is 10.2. The number of sulfonamides is 2. The SMILES string of the molecule is COc1ccc(NS(=O)(=O)c2ccc(Cl)nc2Cl)cc1NS(C)(=O)=O. The molecule has 0 bridgehead atoms. The summed E-state index contributed by atoms with van der Waals surface area (Å²) in [6.07, 6.45) is 0.961. The minimum Gasteiger partial charge on any atom is -0.495 e. The van der Waals surface area contributed by atoms with Crippen LogP contribution in [0.5, 0.6) is 5.75 Å². The monoisotopic (exact) mass is 425 g/mol. The first-order valence-corrected chi connectivity index (χ1v) is 10.7. The highest BCUT2D eigenvalue weighted by Gasteiger charge is 2.20. The molecule has 2 N–H and O–H groups in total. The summed E-state index contributed by atoms with van der Waals surface area (Å²) in [7, 11) is -6.30. The van der Waals surface area contributed by atoms with Gasteiger partial charge in [0, 0.05) is 0 Å². The molecule has 1 aromatic carbocycles. The van der Waals surface area contributed by atoms with Crippen LogP contribution in [-0.4, -0.2) is 35.2 Å². The van der Waals surface area contributed by atoms with Crippen molar-refractivity contribution in [2.45, 2.75) is 4.90 Å². The van der Waals surface area contributed by atoms with Crippen molar-refractivity contribution in [2.75, 3.05) is 22.8 Å². The molecule has 136 valence electrons. The minimum atomic E-state index is -4.06. The molecule has 1 aromatic heterocycles. The van der Waals surface area contributed by atoms with E-state index in [1.807, 2.05) is 0 Å². The van der Waals surface area contributed by atoms with Crippen LogP contribution < -0.4 is 14.2 Å². The maximum absolute atomic E-state index is 12.4. The van der Waals surface area contributed by atoms with Gasteiger partial charge in [-0.15, -0.1) is 0 Å². The molecule has 0 amide bonds. The second-order valence-corrected chi connectivity index (χ2v) is 8.96. The number of nitrogens with one attached hydrogen (secondary N) is 2.